The van der Waals surface area contributed by atoms with Crippen LogP contribution in [0.3, 0.4) is 0 Å². The Labute approximate surface area is 121 Å². The van der Waals surface area contributed by atoms with Crippen LogP contribution in [0.4, 0.5) is 5.69 Å². The van der Waals surface area contributed by atoms with E-state index in [1.165, 1.54) is 0 Å². The van der Waals surface area contributed by atoms with E-state index in [4.69, 9.17) is 0 Å². The van der Waals surface area contributed by atoms with Crippen LogP contribution in [-0.4, -0.2) is 5.91 Å². The minimum Gasteiger partial charge on any atom is -0.324 e. The molecule has 2 rings (SSSR count). The molecule has 1 aliphatic rings. The summed E-state index contributed by atoms with van der Waals surface area (Å²) in [5, 5.41) is 12.4. The molecular formula is C17H22N2O. The van der Waals surface area contributed by atoms with Crippen molar-refractivity contribution in [3.63, 3.8) is 0 Å². The summed E-state index contributed by atoms with van der Waals surface area (Å²) in [6.45, 7) is 4.29. The molecule has 1 amide bonds. The summed E-state index contributed by atoms with van der Waals surface area (Å²) in [6, 6.07) is 10.1. The summed E-state index contributed by atoms with van der Waals surface area (Å²) < 4.78 is 0. The molecule has 0 radical (unpaired) electrons. The number of nitrogens with zero attached hydrogens (tertiary/aromatic N) is 1. The smallest absolute Gasteiger partial charge is 0.244 e. The van der Waals surface area contributed by atoms with E-state index >= 15 is 0 Å². The Morgan fingerprint density at radius 1 is 1.40 bits per heavy atom. The van der Waals surface area contributed by atoms with Gasteiger partial charge in [-0.05, 0) is 36.8 Å². The molecule has 0 aliphatic heterocycles. The van der Waals surface area contributed by atoms with Crippen LogP contribution < -0.4 is 5.32 Å². The van der Waals surface area contributed by atoms with Gasteiger partial charge in [-0.1, -0.05) is 44.9 Å². The molecule has 1 aromatic carbocycles. The van der Waals surface area contributed by atoms with Gasteiger partial charge in [0.05, 0.1) is 6.07 Å². The van der Waals surface area contributed by atoms with Gasteiger partial charge in [0.15, 0.2) is 0 Å². The lowest BCUT2D eigenvalue weighted by Gasteiger charge is -2.22. The number of carbonyl (C=O) groups is 1. The zero-order chi connectivity index (χ0) is 14.6. The first-order valence-electron chi connectivity index (χ1n) is 7.44. The van der Waals surface area contributed by atoms with Gasteiger partial charge in [0.1, 0.15) is 5.41 Å². The Morgan fingerprint density at radius 3 is 2.65 bits per heavy atom. The lowest BCUT2D eigenvalue weighted by atomic mass is 9.86. The second-order valence-electron chi connectivity index (χ2n) is 5.75. The molecular weight excluding hydrogens is 248 g/mol. The zero-order valence-corrected chi connectivity index (χ0v) is 12.3. The quantitative estimate of drug-likeness (QED) is 0.890. The van der Waals surface area contributed by atoms with E-state index in [1.54, 1.807) is 0 Å². The lowest BCUT2D eigenvalue weighted by molar-refractivity contribution is -0.122. The van der Waals surface area contributed by atoms with E-state index in [0.29, 0.717) is 18.8 Å². The monoisotopic (exact) mass is 270 g/mol. The molecule has 0 aromatic heterocycles. The number of amides is 1. The second kappa shape index (κ2) is 6.09. The van der Waals surface area contributed by atoms with Gasteiger partial charge < -0.3 is 5.32 Å². The maximum absolute atomic E-state index is 12.5. The van der Waals surface area contributed by atoms with Gasteiger partial charge in [0.2, 0.25) is 5.91 Å². The zero-order valence-electron chi connectivity index (χ0n) is 12.3. The average Bonchev–Trinajstić information content (AvgIpc) is 2.97. The molecule has 20 heavy (non-hydrogen) atoms. The number of para-hydroxylation sites is 1. The highest BCUT2D eigenvalue weighted by atomic mass is 16.2. The van der Waals surface area contributed by atoms with Crippen LogP contribution in [0.25, 0.3) is 0 Å². The Balaban J connectivity index is 2.22. The molecule has 1 aromatic rings. The number of benzene rings is 1. The van der Waals surface area contributed by atoms with Crippen LogP contribution in [0.5, 0.6) is 0 Å². The van der Waals surface area contributed by atoms with Gasteiger partial charge in [-0.3, -0.25) is 4.79 Å². The highest BCUT2D eigenvalue weighted by molar-refractivity contribution is 5.98. The van der Waals surface area contributed by atoms with Crippen molar-refractivity contribution in [1.82, 2.24) is 0 Å². The van der Waals surface area contributed by atoms with Crippen molar-refractivity contribution in [1.29, 1.82) is 5.26 Å². The van der Waals surface area contributed by atoms with Crippen molar-refractivity contribution >= 4 is 11.6 Å². The molecule has 0 heterocycles. The van der Waals surface area contributed by atoms with Crippen LogP contribution in [0.15, 0.2) is 24.3 Å². The van der Waals surface area contributed by atoms with Gasteiger partial charge in [-0.15, -0.1) is 0 Å². The highest BCUT2D eigenvalue weighted by Gasteiger charge is 2.41. The third-order valence-electron chi connectivity index (χ3n) is 4.46. The van der Waals surface area contributed by atoms with Crippen LogP contribution in [0.2, 0.25) is 0 Å². The molecule has 1 saturated carbocycles. The van der Waals surface area contributed by atoms with Crippen molar-refractivity contribution in [2.75, 3.05) is 5.32 Å². The van der Waals surface area contributed by atoms with Crippen molar-refractivity contribution in [2.45, 2.75) is 51.9 Å². The summed E-state index contributed by atoms with van der Waals surface area (Å²) in [5.41, 5.74) is 1.19. The Morgan fingerprint density at radius 2 is 2.05 bits per heavy atom. The normalized spacial score (nSPS) is 18.2. The summed E-state index contributed by atoms with van der Waals surface area (Å²) in [6.07, 6.45) is 4.32. The second-order valence-corrected chi connectivity index (χ2v) is 5.75. The summed E-state index contributed by atoms with van der Waals surface area (Å²) in [5.74, 6) is 0.265. The molecule has 106 valence electrons. The average molecular weight is 270 g/mol. The third-order valence-corrected chi connectivity index (χ3v) is 4.46. The molecule has 0 bridgehead atoms. The molecule has 0 spiro atoms. The van der Waals surface area contributed by atoms with Crippen LogP contribution in [-0.2, 0) is 4.79 Å². The molecule has 1 fully saturated rings. The fourth-order valence-electron chi connectivity index (χ4n) is 2.87. The minimum atomic E-state index is -0.817. The number of nitriles is 1. The summed E-state index contributed by atoms with van der Waals surface area (Å²) in [7, 11) is 0. The van der Waals surface area contributed by atoms with Crippen molar-refractivity contribution < 1.29 is 4.79 Å². The Hall–Kier alpha value is -1.82. The first-order chi connectivity index (χ1) is 9.63. The first-order valence-corrected chi connectivity index (χ1v) is 7.44. The largest absolute Gasteiger partial charge is 0.324 e. The van der Waals surface area contributed by atoms with E-state index in [-0.39, 0.29) is 5.91 Å². The Kier molecular flexibility index (Phi) is 4.44. The lowest BCUT2D eigenvalue weighted by Crippen LogP contribution is -2.32. The molecule has 0 saturated heterocycles. The fraction of sp³-hybridized carbons (Fsp3) is 0.529. The summed E-state index contributed by atoms with van der Waals surface area (Å²) in [4.78, 5) is 12.5. The maximum Gasteiger partial charge on any atom is 0.244 e. The van der Waals surface area contributed by atoms with Gasteiger partial charge >= 0.3 is 0 Å². The van der Waals surface area contributed by atoms with Gasteiger partial charge in [-0.2, -0.15) is 5.26 Å². The van der Waals surface area contributed by atoms with Crippen LogP contribution in [0, 0.1) is 16.7 Å². The number of carbonyl (C=O) groups excluding carboxylic acids is 1. The van der Waals surface area contributed by atoms with E-state index in [2.05, 4.69) is 31.3 Å². The molecule has 3 heteroatoms. The molecule has 1 N–H and O–H groups in total. The Bertz CT molecular complexity index is 524. The standard InChI is InChI=1S/C17H22N2O/c1-3-13(2)14-8-4-5-9-15(14)19-16(20)17(12-18)10-6-7-11-17/h4-5,8-9,13H,3,6-7,10-11H2,1-2H3,(H,19,20)/t13-/m0/s1. The van der Waals surface area contributed by atoms with E-state index < -0.39 is 5.41 Å². The highest BCUT2D eigenvalue weighted by Crippen LogP contribution is 2.39. The van der Waals surface area contributed by atoms with E-state index in [9.17, 15) is 10.1 Å². The number of nitrogens with one attached hydrogen (secondary N) is 1. The SMILES string of the molecule is CC[C@H](C)c1ccccc1NC(=O)C1(C#N)CCCC1. The van der Waals surface area contributed by atoms with Crippen molar-refractivity contribution in [2.24, 2.45) is 5.41 Å². The molecule has 3 nitrogen and oxygen atoms in total. The first kappa shape index (κ1) is 14.6. The molecule has 1 aliphatic carbocycles. The third kappa shape index (κ3) is 2.70. The number of hydrogen-bond donors (Lipinski definition) is 1. The van der Waals surface area contributed by atoms with Gasteiger partial charge in [0.25, 0.3) is 0 Å². The van der Waals surface area contributed by atoms with Crippen LogP contribution in [0.1, 0.15) is 57.4 Å². The number of hydrogen-bond acceptors (Lipinski definition) is 2. The van der Waals surface area contributed by atoms with E-state index in [1.807, 2.05) is 18.2 Å². The summed E-state index contributed by atoms with van der Waals surface area (Å²) >= 11 is 0. The predicted molar refractivity (Wildman–Crippen MR) is 80.3 cm³/mol. The van der Waals surface area contributed by atoms with E-state index in [0.717, 1.165) is 30.5 Å². The van der Waals surface area contributed by atoms with Crippen LogP contribution >= 0.6 is 0 Å². The molecule has 1 atom stereocenters. The van der Waals surface area contributed by atoms with Gasteiger partial charge in [-0.25, -0.2) is 0 Å². The van der Waals surface area contributed by atoms with Crippen molar-refractivity contribution in [3.8, 4) is 6.07 Å². The van der Waals surface area contributed by atoms with Gasteiger partial charge in [0, 0.05) is 5.69 Å². The minimum absolute atomic E-state index is 0.131. The fourth-order valence-corrected chi connectivity index (χ4v) is 2.87. The molecule has 0 unspecified atom stereocenters. The maximum atomic E-state index is 12.5. The topological polar surface area (TPSA) is 52.9 Å². The number of rotatable bonds is 4. The number of anilines is 1. The predicted octanol–water partition coefficient (Wildman–Crippen LogP) is 4.22. The van der Waals surface area contributed by atoms with Crippen molar-refractivity contribution in [3.05, 3.63) is 29.8 Å².